The van der Waals surface area contributed by atoms with Crippen LogP contribution >= 0.6 is 0 Å². The second-order valence-corrected chi connectivity index (χ2v) is 5.21. The number of amides is 1. The first kappa shape index (κ1) is 13.4. The molecule has 0 saturated heterocycles. The molecule has 1 N–H and O–H groups in total. The fourth-order valence-corrected chi connectivity index (χ4v) is 2.37. The molecule has 3 nitrogen and oxygen atoms in total. The Kier molecular flexibility index (Phi) is 3.48. The number of benzene rings is 2. The molecule has 0 bridgehead atoms. The van der Waals surface area contributed by atoms with Crippen molar-refractivity contribution in [2.75, 3.05) is 0 Å². The molecule has 0 radical (unpaired) electrons. The van der Waals surface area contributed by atoms with Crippen LogP contribution in [-0.2, 0) is 0 Å². The Hall–Kier alpha value is -2.55. The van der Waals surface area contributed by atoms with Crippen LogP contribution in [0.1, 0.15) is 34.8 Å². The van der Waals surface area contributed by atoms with Gasteiger partial charge in [0.2, 0.25) is 0 Å². The maximum atomic E-state index is 12.3. The van der Waals surface area contributed by atoms with Crippen molar-refractivity contribution < 1.29 is 9.21 Å². The zero-order valence-corrected chi connectivity index (χ0v) is 12.1. The van der Waals surface area contributed by atoms with E-state index in [0.717, 1.165) is 22.3 Å². The lowest BCUT2D eigenvalue weighted by Crippen LogP contribution is -2.26. The minimum Gasteiger partial charge on any atom is -0.464 e. The summed E-state index contributed by atoms with van der Waals surface area (Å²) in [7, 11) is 0. The summed E-state index contributed by atoms with van der Waals surface area (Å²) in [6, 6.07) is 17.3. The van der Waals surface area contributed by atoms with Gasteiger partial charge in [0.25, 0.3) is 5.91 Å². The number of nitrogens with one attached hydrogen (secondary N) is 1. The molecule has 1 aromatic heterocycles. The molecule has 1 amide bonds. The van der Waals surface area contributed by atoms with Crippen molar-refractivity contribution in [1.82, 2.24) is 5.32 Å². The number of hydrogen-bond donors (Lipinski definition) is 1. The van der Waals surface area contributed by atoms with Gasteiger partial charge in [-0.05, 0) is 48.9 Å². The van der Waals surface area contributed by atoms with Crippen LogP contribution in [0.5, 0.6) is 0 Å². The van der Waals surface area contributed by atoms with E-state index in [4.69, 9.17) is 4.42 Å². The zero-order valence-electron chi connectivity index (χ0n) is 12.1. The number of carbonyl (C=O) groups is 1. The molecule has 1 atom stereocenters. The van der Waals surface area contributed by atoms with Gasteiger partial charge in [-0.2, -0.15) is 0 Å². The maximum absolute atomic E-state index is 12.3. The zero-order chi connectivity index (χ0) is 14.8. The number of aryl methyl sites for hydroxylation is 1. The second-order valence-electron chi connectivity index (χ2n) is 5.21. The van der Waals surface area contributed by atoms with Gasteiger partial charge in [0.05, 0.1) is 6.04 Å². The van der Waals surface area contributed by atoms with Crippen molar-refractivity contribution in [1.29, 1.82) is 0 Å². The minimum absolute atomic E-state index is 0.0951. The summed E-state index contributed by atoms with van der Waals surface area (Å²) in [6.07, 6.45) is 0. The lowest BCUT2D eigenvalue weighted by molar-refractivity contribution is 0.0935. The third-order valence-electron chi connectivity index (χ3n) is 3.55. The summed E-state index contributed by atoms with van der Waals surface area (Å²) < 4.78 is 5.54. The van der Waals surface area contributed by atoms with E-state index >= 15 is 0 Å². The summed E-state index contributed by atoms with van der Waals surface area (Å²) in [5, 5.41) is 5.15. The Morgan fingerprint density at radius 3 is 2.52 bits per heavy atom. The van der Waals surface area contributed by atoms with E-state index in [1.807, 2.05) is 68.4 Å². The van der Waals surface area contributed by atoms with Crippen molar-refractivity contribution in [3.8, 4) is 0 Å². The van der Waals surface area contributed by atoms with Crippen LogP contribution in [0, 0.1) is 6.92 Å². The van der Waals surface area contributed by atoms with Gasteiger partial charge in [0.1, 0.15) is 11.5 Å². The monoisotopic (exact) mass is 279 g/mol. The quantitative estimate of drug-likeness (QED) is 0.779. The topological polar surface area (TPSA) is 42.2 Å². The third-order valence-corrected chi connectivity index (χ3v) is 3.55. The van der Waals surface area contributed by atoms with Crippen LogP contribution in [0.3, 0.4) is 0 Å². The number of furan rings is 1. The Morgan fingerprint density at radius 1 is 1.05 bits per heavy atom. The molecule has 1 unspecified atom stereocenters. The van der Waals surface area contributed by atoms with Gasteiger partial charge in [-0.25, -0.2) is 0 Å². The molecule has 0 aliphatic carbocycles. The summed E-state index contributed by atoms with van der Waals surface area (Å²) in [5.41, 5.74) is 0.656. The first-order valence-electron chi connectivity index (χ1n) is 6.99. The summed E-state index contributed by atoms with van der Waals surface area (Å²) in [5.74, 6) is 1.51. The van der Waals surface area contributed by atoms with Gasteiger partial charge >= 0.3 is 0 Å². The van der Waals surface area contributed by atoms with E-state index in [9.17, 15) is 4.79 Å². The van der Waals surface area contributed by atoms with Gasteiger partial charge in [-0.3, -0.25) is 4.79 Å². The van der Waals surface area contributed by atoms with E-state index in [2.05, 4.69) is 5.32 Å². The molecule has 3 aromatic rings. The number of fused-ring (bicyclic) bond motifs is 1. The highest BCUT2D eigenvalue weighted by atomic mass is 16.3. The van der Waals surface area contributed by atoms with Crippen LogP contribution < -0.4 is 5.32 Å². The standard InChI is InChI=1S/C18H17NO2/c1-12-7-10-17(21-12)13(2)19-18(20)16-9-8-14-5-3-4-6-15(14)11-16/h3-11,13H,1-2H3,(H,19,20). The van der Waals surface area contributed by atoms with E-state index in [-0.39, 0.29) is 11.9 Å². The number of hydrogen-bond acceptors (Lipinski definition) is 2. The van der Waals surface area contributed by atoms with Gasteiger partial charge < -0.3 is 9.73 Å². The lowest BCUT2D eigenvalue weighted by Gasteiger charge is -2.12. The normalized spacial score (nSPS) is 12.3. The number of carbonyl (C=O) groups excluding carboxylic acids is 1. The van der Waals surface area contributed by atoms with Crippen molar-refractivity contribution in [3.05, 3.63) is 71.7 Å². The Labute approximate surface area is 123 Å². The first-order valence-corrected chi connectivity index (χ1v) is 6.99. The van der Waals surface area contributed by atoms with Crippen molar-refractivity contribution in [2.24, 2.45) is 0 Å². The number of rotatable bonds is 3. The Bertz CT molecular complexity index is 789. The molecule has 0 aliphatic heterocycles. The highest BCUT2D eigenvalue weighted by molar-refractivity contribution is 5.98. The molecule has 1 heterocycles. The SMILES string of the molecule is Cc1ccc(C(C)NC(=O)c2ccc3ccccc3c2)o1. The Morgan fingerprint density at radius 2 is 1.81 bits per heavy atom. The van der Waals surface area contributed by atoms with Gasteiger partial charge in [-0.15, -0.1) is 0 Å². The molecular weight excluding hydrogens is 262 g/mol. The minimum atomic E-state index is -0.155. The van der Waals surface area contributed by atoms with Gasteiger partial charge in [-0.1, -0.05) is 30.3 Å². The van der Waals surface area contributed by atoms with Crippen LogP contribution in [0.2, 0.25) is 0 Å². The summed E-state index contributed by atoms with van der Waals surface area (Å²) in [4.78, 5) is 12.3. The van der Waals surface area contributed by atoms with Crippen molar-refractivity contribution in [3.63, 3.8) is 0 Å². The Balaban J connectivity index is 1.80. The fourth-order valence-electron chi connectivity index (χ4n) is 2.37. The average Bonchev–Trinajstić information content (AvgIpc) is 2.93. The molecular formula is C18H17NO2. The fraction of sp³-hybridized carbons (Fsp3) is 0.167. The van der Waals surface area contributed by atoms with Crippen LogP contribution in [0.25, 0.3) is 10.8 Å². The van der Waals surface area contributed by atoms with Gasteiger partial charge in [0.15, 0.2) is 0 Å². The first-order chi connectivity index (χ1) is 10.1. The molecule has 0 aliphatic rings. The third kappa shape index (κ3) is 2.82. The lowest BCUT2D eigenvalue weighted by atomic mass is 10.1. The molecule has 2 aromatic carbocycles. The largest absolute Gasteiger partial charge is 0.464 e. The van der Waals surface area contributed by atoms with Crippen LogP contribution in [0.15, 0.2) is 59.0 Å². The molecule has 21 heavy (non-hydrogen) atoms. The average molecular weight is 279 g/mol. The van der Waals surface area contributed by atoms with E-state index in [1.165, 1.54) is 0 Å². The predicted molar refractivity (Wildman–Crippen MR) is 83.3 cm³/mol. The highest BCUT2D eigenvalue weighted by Crippen LogP contribution is 2.18. The molecule has 0 saturated carbocycles. The smallest absolute Gasteiger partial charge is 0.251 e. The van der Waals surface area contributed by atoms with Crippen molar-refractivity contribution >= 4 is 16.7 Å². The molecule has 106 valence electrons. The predicted octanol–water partition coefficient (Wildman–Crippen LogP) is 4.23. The molecule has 0 spiro atoms. The second kappa shape index (κ2) is 5.44. The maximum Gasteiger partial charge on any atom is 0.251 e. The molecule has 0 fully saturated rings. The summed E-state index contributed by atoms with van der Waals surface area (Å²) >= 11 is 0. The molecule has 3 rings (SSSR count). The molecule has 3 heteroatoms. The van der Waals surface area contributed by atoms with E-state index < -0.39 is 0 Å². The van der Waals surface area contributed by atoms with Crippen LogP contribution in [0.4, 0.5) is 0 Å². The van der Waals surface area contributed by atoms with Gasteiger partial charge in [0, 0.05) is 5.56 Å². The van der Waals surface area contributed by atoms with Crippen molar-refractivity contribution in [2.45, 2.75) is 19.9 Å². The van der Waals surface area contributed by atoms with Crippen LogP contribution in [-0.4, -0.2) is 5.91 Å². The van der Waals surface area contributed by atoms with E-state index in [0.29, 0.717) is 5.56 Å². The summed E-state index contributed by atoms with van der Waals surface area (Å²) in [6.45, 7) is 3.80. The van der Waals surface area contributed by atoms with E-state index in [1.54, 1.807) is 0 Å². The highest BCUT2D eigenvalue weighted by Gasteiger charge is 2.14.